The highest BCUT2D eigenvalue weighted by Gasteiger charge is 2.20. The summed E-state index contributed by atoms with van der Waals surface area (Å²) in [5.74, 6) is 1.88. The molecular formula is C54H32N4S. The summed E-state index contributed by atoms with van der Waals surface area (Å²) < 4.78 is 2.45. The predicted octanol–water partition coefficient (Wildman–Crippen LogP) is 14.6. The number of para-hydroxylation sites is 1. The summed E-state index contributed by atoms with van der Waals surface area (Å²) in [6.45, 7) is 0. The molecular weight excluding hydrogens is 737 g/mol. The molecule has 12 rings (SSSR count). The van der Waals surface area contributed by atoms with Crippen LogP contribution in [-0.4, -0.2) is 19.9 Å². The SMILES string of the molecule is c1ccc(-c2nc(-c3cccc(-c4ccc5c(ccc6ccccc65)c4)c3)nc(-c3ccc(-c4nc5ccccc5c5c4sc4ccccc45)c4ccccc34)n2)cc1. The molecule has 0 atom stereocenters. The molecule has 12 aromatic rings. The monoisotopic (exact) mass is 768 g/mol. The van der Waals surface area contributed by atoms with Crippen LogP contribution in [0.3, 0.4) is 0 Å². The number of hydrogen-bond acceptors (Lipinski definition) is 5. The van der Waals surface area contributed by atoms with Crippen LogP contribution in [0.1, 0.15) is 0 Å². The normalized spacial score (nSPS) is 11.7. The van der Waals surface area contributed by atoms with Crippen molar-refractivity contribution in [3.63, 3.8) is 0 Å². The van der Waals surface area contributed by atoms with E-state index in [9.17, 15) is 0 Å². The molecule has 59 heavy (non-hydrogen) atoms. The summed E-state index contributed by atoms with van der Waals surface area (Å²) >= 11 is 1.81. The zero-order valence-corrected chi connectivity index (χ0v) is 32.5. The van der Waals surface area contributed by atoms with E-state index in [0.717, 1.165) is 55.4 Å². The molecule has 4 nitrogen and oxygen atoms in total. The van der Waals surface area contributed by atoms with Gasteiger partial charge in [-0.25, -0.2) is 19.9 Å². The minimum Gasteiger partial charge on any atom is -0.246 e. The van der Waals surface area contributed by atoms with E-state index in [1.807, 2.05) is 29.5 Å². The van der Waals surface area contributed by atoms with E-state index in [-0.39, 0.29) is 0 Å². The molecule has 3 aromatic heterocycles. The molecule has 274 valence electrons. The van der Waals surface area contributed by atoms with E-state index in [2.05, 4.69) is 176 Å². The first-order valence-corrected chi connectivity index (χ1v) is 20.6. The van der Waals surface area contributed by atoms with Crippen molar-refractivity contribution in [1.82, 2.24) is 19.9 Å². The fourth-order valence-corrected chi connectivity index (χ4v) is 9.91. The minimum atomic E-state index is 0.623. The van der Waals surface area contributed by atoms with Crippen LogP contribution in [0.25, 0.3) is 120 Å². The molecule has 3 heterocycles. The van der Waals surface area contributed by atoms with Crippen molar-refractivity contribution in [2.75, 3.05) is 0 Å². The summed E-state index contributed by atoms with van der Waals surface area (Å²) in [6, 6.07) is 68.5. The van der Waals surface area contributed by atoms with Crippen LogP contribution < -0.4 is 0 Å². The fourth-order valence-electron chi connectivity index (χ4n) is 8.69. The Morgan fingerprint density at radius 3 is 1.78 bits per heavy atom. The number of benzene rings is 9. The molecule has 0 aliphatic carbocycles. The maximum absolute atomic E-state index is 5.36. The van der Waals surface area contributed by atoms with Crippen molar-refractivity contribution >= 4 is 74.7 Å². The Kier molecular flexibility index (Phi) is 7.68. The molecule has 0 fully saturated rings. The summed E-state index contributed by atoms with van der Waals surface area (Å²) in [5, 5.41) is 10.8. The molecule has 9 aromatic carbocycles. The van der Waals surface area contributed by atoms with Crippen LogP contribution in [0, 0.1) is 0 Å². The Morgan fingerprint density at radius 2 is 0.915 bits per heavy atom. The van der Waals surface area contributed by atoms with Crippen LogP contribution in [0.15, 0.2) is 194 Å². The van der Waals surface area contributed by atoms with Gasteiger partial charge in [-0.1, -0.05) is 164 Å². The Hall–Kier alpha value is -7.60. The third-order valence-corrected chi connectivity index (χ3v) is 12.7. The summed E-state index contributed by atoms with van der Waals surface area (Å²) in [7, 11) is 0. The maximum Gasteiger partial charge on any atom is 0.164 e. The fraction of sp³-hybridized carbons (Fsp3) is 0. The van der Waals surface area contributed by atoms with E-state index in [4.69, 9.17) is 19.9 Å². The molecule has 0 saturated heterocycles. The van der Waals surface area contributed by atoms with Crippen molar-refractivity contribution < 1.29 is 0 Å². The van der Waals surface area contributed by atoms with Gasteiger partial charge in [0.1, 0.15) is 0 Å². The lowest BCUT2D eigenvalue weighted by molar-refractivity contribution is 1.08. The first-order chi connectivity index (χ1) is 29.2. The maximum atomic E-state index is 5.36. The highest BCUT2D eigenvalue weighted by molar-refractivity contribution is 7.26. The Labute approximate surface area is 343 Å². The minimum absolute atomic E-state index is 0.623. The Balaban J connectivity index is 1.03. The second-order valence-electron chi connectivity index (χ2n) is 15.0. The molecule has 0 bridgehead atoms. The smallest absolute Gasteiger partial charge is 0.164 e. The van der Waals surface area contributed by atoms with Gasteiger partial charge in [0.15, 0.2) is 17.5 Å². The standard InChI is InChI=1S/C54H32N4S/c1-2-14-34(15-3-1)52-56-53(38-17-12-16-35(32-38)36-27-28-40-37(31-36)26-25-33-13-4-5-18-39(33)40)58-54(57-52)44-30-29-43(41-19-6-7-20-42(41)44)50-51-49(45-21-8-10-23-47(45)55-50)46-22-9-11-24-48(46)59-51/h1-32H. The van der Waals surface area contributed by atoms with Gasteiger partial charge in [-0.2, -0.15) is 0 Å². The Bertz CT molecular complexity index is 3630. The predicted molar refractivity (Wildman–Crippen MR) is 248 cm³/mol. The van der Waals surface area contributed by atoms with Gasteiger partial charge in [0, 0.05) is 43.1 Å². The second kappa shape index (κ2) is 13.5. The van der Waals surface area contributed by atoms with E-state index < -0.39 is 0 Å². The zero-order valence-electron chi connectivity index (χ0n) is 31.7. The van der Waals surface area contributed by atoms with E-state index in [1.165, 1.54) is 47.1 Å². The zero-order chi connectivity index (χ0) is 38.9. The molecule has 0 unspecified atom stereocenters. The van der Waals surface area contributed by atoms with Gasteiger partial charge in [0.05, 0.1) is 15.9 Å². The number of fused-ring (bicyclic) bond motifs is 9. The van der Waals surface area contributed by atoms with Crippen molar-refractivity contribution in [2.45, 2.75) is 0 Å². The van der Waals surface area contributed by atoms with Gasteiger partial charge in [-0.05, 0) is 73.8 Å². The van der Waals surface area contributed by atoms with Gasteiger partial charge in [-0.3, -0.25) is 0 Å². The number of hydrogen-bond donors (Lipinski definition) is 0. The quantitative estimate of drug-likeness (QED) is 0.164. The van der Waals surface area contributed by atoms with Crippen LogP contribution >= 0.6 is 11.3 Å². The summed E-state index contributed by atoms with van der Waals surface area (Å²) in [6.07, 6.45) is 0. The average molecular weight is 769 g/mol. The lowest BCUT2D eigenvalue weighted by Gasteiger charge is -2.14. The number of thiophene rings is 1. The van der Waals surface area contributed by atoms with Crippen LogP contribution in [0.5, 0.6) is 0 Å². The molecule has 0 spiro atoms. The van der Waals surface area contributed by atoms with Crippen molar-refractivity contribution in [1.29, 1.82) is 0 Å². The van der Waals surface area contributed by atoms with Crippen LogP contribution in [0.2, 0.25) is 0 Å². The molecule has 0 aliphatic heterocycles. The third-order valence-electron chi connectivity index (χ3n) is 11.5. The molecule has 0 aliphatic rings. The van der Waals surface area contributed by atoms with Gasteiger partial charge < -0.3 is 0 Å². The lowest BCUT2D eigenvalue weighted by Crippen LogP contribution is -2.01. The molecule has 5 heteroatoms. The van der Waals surface area contributed by atoms with Gasteiger partial charge >= 0.3 is 0 Å². The van der Waals surface area contributed by atoms with Gasteiger partial charge in [-0.15, -0.1) is 11.3 Å². The van der Waals surface area contributed by atoms with E-state index in [0.29, 0.717) is 17.5 Å². The summed E-state index contributed by atoms with van der Waals surface area (Å²) in [4.78, 5) is 20.9. The lowest BCUT2D eigenvalue weighted by atomic mass is 9.95. The Morgan fingerprint density at radius 1 is 0.322 bits per heavy atom. The number of aromatic nitrogens is 4. The van der Waals surface area contributed by atoms with E-state index in [1.54, 1.807) is 0 Å². The number of nitrogens with zero attached hydrogens (tertiary/aromatic N) is 4. The van der Waals surface area contributed by atoms with Gasteiger partial charge in [0.25, 0.3) is 0 Å². The van der Waals surface area contributed by atoms with Crippen LogP contribution in [0.4, 0.5) is 0 Å². The first kappa shape index (κ1) is 33.5. The average Bonchev–Trinajstić information content (AvgIpc) is 3.71. The number of rotatable bonds is 5. The van der Waals surface area contributed by atoms with Crippen molar-refractivity contribution in [3.8, 4) is 56.5 Å². The molecule has 0 radical (unpaired) electrons. The topological polar surface area (TPSA) is 51.6 Å². The second-order valence-corrected chi connectivity index (χ2v) is 16.0. The van der Waals surface area contributed by atoms with Crippen molar-refractivity contribution in [3.05, 3.63) is 194 Å². The largest absolute Gasteiger partial charge is 0.246 e. The number of pyridine rings is 1. The summed E-state index contributed by atoms with van der Waals surface area (Å²) in [5.41, 5.74) is 8.11. The van der Waals surface area contributed by atoms with Crippen molar-refractivity contribution in [2.24, 2.45) is 0 Å². The highest BCUT2D eigenvalue weighted by Crippen LogP contribution is 2.45. The van der Waals surface area contributed by atoms with E-state index >= 15 is 0 Å². The third kappa shape index (κ3) is 5.58. The van der Waals surface area contributed by atoms with Gasteiger partial charge in [0.2, 0.25) is 0 Å². The molecule has 0 amide bonds. The van der Waals surface area contributed by atoms with Crippen LogP contribution in [-0.2, 0) is 0 Å². The first-order valence-electron chi connectivity index (χ1n) is 19.8. The highest BCUT2D eigenvalue weighted by atomic mass is 32.1. The molecule has 0 saturated carbocycles. The molecule has 0 N–H and O–H groups in total.